The molecule has 0 aliphatic heterocycles. The van der Waals surface area contributed by atoms with Crippen LogP contribution in [0.5, 0.6) is 0 Å². The Balaban J connectivity index is 5.25. The van der Waals surface area contributed by atoms with Crippen molar-refractivity contribution >= 4 is 16.0 Å². The van der Waals surface area contributed by atoms with Crippen LogP contribution in [0.4, 0.5) is 0 Å². The van der Waals surface area contributed by atoms with Gasteiger partial charge in [-0.3, -0.25) is 0 Å². The van der Waals surface area contributed by atoms with Crippen molar-refractivity contribution in [3.63, 3.8) is 0 Å². The van der Waals surface area contributed by atoms with Crippen LogP contribution in [0, 0.1) is 0 Å². The molecule has 0 radical (unpaired) electrons. The highest BCUT2D eigenvalue weighted by molar-refractivity contribution is 7.94. The number of carbonyl (C=O) groups is 1. The Labute approximate surface area is 89.3 Å². The first-order valence-corrected chi connectivity index (χ1v) is 6.07. The highest BCUT2D eigenvalue weighted by Gasteiger charge is 2.25. The number of esters is 1. The summed E-state index contributed by atoms with van der Waals surface area (Å²) in [7, 11) is -4.13. The van der Waals surface area contributed by atoms with Crippen molar-refractivity contribution < 1.29 is 17.9 Å². The molecule has 0 heterocycles. The Morgan fingerprint density at radius 2 is 1.87 bits per heavy atom. The van der Waals surface area contributed by atoms with Crippen LogP contribution < -0.4 is 10.9 Å². The van der Waals surface area contributed by atoms with E-state index in [2.05, 4.69) is 4.74 Å². The van der Waals surface area contributed by atoms with Crippen molar-refractivity contribution in [1.29, 1.82) is 0 Å². The second-order valence-corrected chi connectivity index (χ2v) is 4.37. The van der Waals surface area contributed by atoms with Crippen molar-refractivity contribution in [2.45, 2.75) is 26.7 Å². The molecule has 0 fully saturated rings. The average molecular weight is 236 g/mol. The van der Waals surface area contributed by atoms with Crippen molar-refractivity contribution in [3.05, 3.63) is 10.6 Å². The third kappa shape index (κ3) is 4.30. The van der Waals surface area contributed by atoms with Crippen LogP contribution in [-0.4, -0.2) is 21.0 Å². The van der Waals surface area contributed by atoms with Crippen LogP contribution in [0.25, 0.3) is 0 Å². The van der Waals surface area contributed by atoms with Gasteiger partial charge in [0.25, 0.3) is 0 Å². The van der Waals surface area contributed by atoms with Crippen molar-refractivity contribution in [2.24, 2.45) is 10.9 Å². The summed E-state index contributed by atoms with van der Waals surface area (Å²) in [4.78, 5) is 10.7. The first kappa shape index (κ1) is 13.9. The summed E-state index contributed by atoms with van der Waals surface area (Å²) in [6.07, 6.45) is 0.898. The zero-order chi connectivity index (χ0) is 12.1. The lowest BCUT2D eigenvalue weighted by Gasteiger charge is -2.08. The highest BCUT2D eigenvalue weighted by atomic mass is 32.2. The Hall–Kier alpha value is -1.08. The minimum absolute atomic E-state index is 0.0570. The molecule has 0 aliphatic rings. The first-order chi connectivity index (χ1) is 6.84. The molecule has 0 aromatic heterocycles. The van der Waals surface area contributed by atoms with E-state index >= 15 is 0 Å². The molecule has 0 saturated carbocycles. The van der Waals surface area contributed by atoms with E-state index in [0.717, 1.165) is 0 Å². The molecular formula is C8H16N2O4S. The number of nitrogens with two attached hydrogens (primary N) is 2. The SMILES string of the molecule is CCCC(N)=C(C(=O)OCC)S(N)(=O)=O. The molecular weight excluding hydrogens is 220 g/mol. The van der Waals surface area contributed by atoms with Crippen molar-refractivity contribution in [2.75, 3.05) is 6.61 Å². The summed E-state index contributed by atoms with van der Waals surface area (Å²) in [5.41, 5.74) is 5.41. The third-order valence-electron chi connectivity index (χ3n) is 1.56. The number of hydrogen-bond donors (Lipinski definition) is 2. The summed E-state index contributed by atoms with van der Waals surface area (Å²) in [5, 5.41) is 4.88. The van der Waals surface area contributed by atoms with E-state index < -0.39 is 20.9 Å². The van der Waals surface area contributed by atoms with E-state index in [9.17, 15) is 13.2 Å². The van der Waals surface area contributed by atoms with Crippen molar-refractivity contribution in [1.82, 2.24) is 0 Å². The predicted molar refractivity (Wildman–Crippen MR) is 55.9 cm³/mol. The highest BCUT2D eigenvalue weighted by Crippen LogP contribution is 2.12. The summed E-state index contributed by atoms with van der Waals surface area (Å²) in [6.45, 7) is 3.44. The zero-order valence-electron chi connectivity index (χ0n) is 8.82. The minimum atomic E-state index is -4.13. The van der Waals surface area contributed by atoms with Gasteiger partial charge in [-0.15, -0.1) is 0 Å². The molecule has 4 N–H and O–H groups in total. The van der Waals surface area contributed by atoms with E-state index in [1.54, 1.807) is 13.8 Å². The molecule has 0 aromatic carbocycles. The van der Waals surface area contributed by atoms with Gasteiger partial charge in [-0.25, -0.2) is 18.4 Å². The Morgan fingerprint density at radius 1 is 1.33 bits per heavy atom. The maximum atomic E-state index is 11.3. The second-order valence-electron chi connectivity index (χ2n) is 2.87. The van der Waals surface area contributed by atoms with Gasteiger partial charge in [-0.1, -0.05) is 13.3 Å². The van der Waals surface area contributed by atoms with Gasteiger partial charge >= 0.3 is 5.97 Å². The number of ether oxygens (including phenoxy) is 1. The predicted octanol–water partition coefficient (Wildman–Crippen LogP) is -0.192. The Morgan fingerprint density at radius 3 is 2.20 bits per heavy atom. The minimum Gasteiger partial charge on any atom is -0.462 e. The van der Waals surface area contributed by atoms with Crippen LogP contribution in [0.3, 0.4) is 0 Å². The largest absolute Gasteiger partial charge is 0.462 e. The fourth-order valence-electron chi connectivity index (χ4n) is 1.01. The number of hydrogen-bond acceptors (Lipinski definition) is 5. The van der Waals surface area contributed by atoms with Gasteiger partial charge in [0.2, 0.25) is 10.0 Å². The van der Waals surface area contributed by atoms with E-state index in [0.29, 0.717) is 6.42 Å². The summed E-state index contributed by atoms with van der Waals surface area (Å²) in [5.74, 6) is -0.994. The molecule has 0 aliphatic carbocycles. The molecule has 0 atom stereocenters. The van der Waals surface area contributed by atoms with Crippen LogP contribution in [0.15, 0.2) is 10.6 Å². The Kier molecular flexibility index (Phi) is 5.31. The van der Waals surface area contributed by atoms with Gasteiger partial charge in [0.1, 0.15) is 0 Å². The van der Waals surface area contributed by atoms with Crippen LogP contribution in [-0.2, 0) is 19.6 Å². The molecule has 0 rings (SSSR count). The molecule has 0 bridgehead atoms. The van der Waals surface area contributed by atoms with E-state index in [1.165, 1.54) is 0 Å². The van der Waals surface area contributed by atoms with Gasteiger partial charge < -0.3 is 10.5 Å². The number of primary sulfonamides is 1. The van der Waals surface area contributed by atoms with Gasteiger partial charge in [0, 0.05) is 5.70 Å². The quantitative estimate of drug-likeness (QED) is 0.507. The topological polar surface area (TPSA) is 112 Å². The smallest absolute Gasteiger partial charge is 0.352 e. The Bertz CT molecular complexity index is 359. The lowest BCUT2D eigenvalue weighted by molar-refractivity contribution is -0.137. The first-order valence-electron chi connectivity index (χ1n) is 4.53. The van der Waals surface area contributed by atoms with Crippen LogP contribution in [0.1, 0.15) is 26.7 Å². The maximum Gasteiger partial charge on any atom is 0.352 e. The normalized spacial score (nSPS) is 13.3. The second kappa shape index (κ2) is 5.72. The molecule has 88 valence electrons. The number of rotatable bonds is 5. The molecule has 6 nitrogen and oxygen atoms in total. The average Bonchev–Trinajstić information content (AvgIpc) is 2.01. The number of carbonyl (C=O) groups excluding carboxylic acids is 1. The number of allylic oxidation sites excluding steroid dienone is 1. The van der Waals surface area contributed by atoms with Gasteiger partial charge in [-0.2, -0.15) is 0 Å². The lowest BCUT2D eigenvalue weighted by Crippen LogP contribution is -2.26. The summed E-state index contributed by atoms with van der Waals surface area (Å²) in [6, 6.07) is 0. The summed E-state index contributed by atoms with van der Waals surface area (Å²) >= 11 is 0. The van der Waals surface area contributed by atoms with Gasteiger partial charge in [-0.05, 0) is 13.3 Å². The van der Waals surface area contributed by atoms with E-state index in [-0.39, 0.29) is 18.7 Å². The zero-order valence-corrected chi connectivity index (χ0v) is 9.63. The van der Waals surface area contributed by atoms with Crippen LogP contribution in [0.2, 0.25) is 0 Å². The molecule has 7 heteroatoms. The fraction of sp³-hybridized carbons (Fsp3) is 0.625. The molecule has 0 unspecified atom stereocenters. The standard InChI is InChI=1S/C8H16N2O4S/c1-3-5-6(9)7(15(10,12)13)8(11)14-4-2/h3-5,9H2,1-2H3,(H2,10,12,13). The third-order valence-corrected chi connectivity index (χ3v) is 2.55. The fourth-order valence-corrected chi connectivity index (χ4v) is 1.77. The molecule has 15 heavy (non-hydrogen) atoms. The molecule has 0 amide bonds. The van der Waals surface area contributed by atoms with Crippen molar-refractivity contribution in [3.8, 4) is 0 Å². The molecule has 0 saturated heterocycles. The monoisotopic (exact) mass is 236 g/mol. The van der Waals surface area contributed by atoms with E-state index in [4.69, 9.17) is 10.9 Å². The number of sulfonamides is 1. The molecule has 0 aromatic rings. The van der Waals surface area contributed by atoms with Gasteiger partial charge in [0.05, 0.1) is 6.61 Å². The maximum absolute atomic E-state index is 11.3. The summed E-state index contributed by atoms with van der Waals surface area (Å²) < 4.78 is 26.8. The van der Waals surface area contributed by atoms with E-state index in [1.807, 2.05) is 0 Å². The lowest BCUT2D eigenvalue weighted by atomic mass is 10.2. The molecule has 0 spiro atoms. The van der Waals surface area contributed by atoms with Gasteiger partial charge in [0.15, 0.2) is 4.91 Å². The van der Waals surface area contributed by atoms with Crippen LogP contribution >= 0.6 is 0 Å².